The first-order chi connectivity index (χ1) is 8.99. The summed E-state index contributed by atoms with van der Waals surface area (Å²) in [6, 6.07) is 7.74. The summed E-state index contributed by atoms with van der Waals surface area (Å²) >= 11 is 0. The monoisotopic (exact) mass is 257 g/mol. The van der Waals surface area contributed by atoms with Gasteiger partial charge in [0, 0.05) is 12.3 Å². The Bertz CT molecular complexity index is 574. The van der Waals surface area contributed by atoms with Crippen LogP contribution in [0.2, 0.25) is 0 Å². The highest BCUT2D eigenvalue weighted by molar-refractivity contribution is 5.46. The lowest BCUT2D eigenvalue weighted by atomic mass is 10.1. The topological polar surface area (TPSA) is 42.4 Å². The quantitative estimate of drug-likeness (QED) is 0.908. The van der Waals surface area contributed by atoms with Crippen LogP contribution in [0.25, 0.3) is 0 Å². The molecule has 100 valence electrons. The van der Waals surface area contributed by atoms with Gasteiger partial charge >= 0.3 is 0 Å². The molecule has 0 bridgehead atoms. The van der Waals surface area contributed by atoms with E-state index in [1.54, 1.807) is 19.2 Å². The third-order valence-electron chi connectivity index (χ3n) is 3.32. The van der Waals surface area contributed by atoms with Crippen molar-refractivity contribution in [3.8, 4) is 11.6 Å². The van der Waals surface area contributed by atoms with E-state index in [0.29, 0.717) is 5.88 Å². The van der Waals surface area contributed by atoms with E-state index >= 15 is 0 Å². The molecule has 0 amide bonds. The van der Waals surface area contributed by atoms with Crippen molar-refractivity contribution in [1.29, 1.82) is 0 Å². The Labute approximate surface area is 113 Å². The van der Waals surface area contributed by atoms with Gasteiger partial charge in [-0.25, -0.2) is 4.98 Å². The molecule has 3 heteroatoms. The third kappa shape index (κ3) is 2.93. The molecule has 0 aliphatic heterocycles. The van der Waals surface area contributed by atoms with E-state index in [0.717, 1.165) is 22.4 Å². The molecule has 0 saturated carbocycles. The fourth-order valence-electron chi connectivity index (χ4n) is 1.89. The van der Waals surface area contributed by atoms with Crippen LogP contribution in [-0.2, 0) is 0 Å². The molecule has 1 atom stereocenters. The van der Waals surface area contributed by atoms with Gasteiger partial charge in [-0.05, 0) is 56.0 Å². The summed E-state index contributed by atoms with van der Waals surface area (Å²) in [6.45, 7) is 7.84. The molecule has 1 aromatic heterocycles. The van der Waals surface area contributed by atoms with Gasteiger partial charge in [0.2, 0.25) is 5.88 Å². The number of benzene rings is 1. The molecule has 1 aromatic carbocycles. The third-order valence-corrected chi connectivity index (χ3v) is 3.32. The molecule has 0 saturated heterocycles. The van der Waals surface area contributed by atoms with Crippen LogP contribution in [0.5, 0.6) is 11.6 Å². The molecule has 0 aliphatic carbocycles. The molecule has 19 heavy (non-hydrogen) atoms. The standard InChI is InChI=1S/C16H19NO2/c1-10-5-6-11(2)16(12(10)3)19-15-8-7-14(9-17-15)13(4)18/h5-9,13,18H,1-4H3. The molecule has 1 N–H and O–H groups in total. The summed E-state index contributed by atoms with van der Waals surface area (Å²) in [4.78, 5) is 4.22. The molecule has 0 fully saturated rings. The van der Waals surface area contributed by atoms with Crippen LogP contribution in [0.4, 0.5) is 0 Å². The van der Waals surface area contributed by atoms with Gasteiger partial charge in [0.05, 0.1) is 6.10 Å². The Morgan fingerprint density at radius 1 is 1.05 bits per heavy atom. The van der Waals surface area contributed by atoms with E-state index in [-0.39, 0.29) is 0 Å². The lowest BCUT2D eigenvalue weighted by Gasteiger charge is -2.13. The van der Waals surface area contributed by atoms with Crippen LogP contribution in [-0.4, -0.2) is 10.1 Å². The van der Waals surface area contributed by atoms with Gasteiger partial charge in [-0.15, -0.1) is 0 Å². The first-order valence-corrected chi connectivity index (χ1v) is 6.37. The molecule has 0 spiro atoms. The van der Waals surface area contributed by atoms with Gasteiger partial charge in [0.1, 0.15) is 5.75 Å². The number of aryl methyl sites for hydroxylation is 2. The summed E-state index contributed by atoms with van der Waals surface area (Å²) < 4.78 is 5.86. The molecule has 2 rings (SSSR count). The lowest BCUT2D eigenvalue weighted by molar-refractivity contribution is 0.198. The summed E-state index contributed by atoms with van der Waals surface area (Å²) in [6.07, 6.45) is 1.13. The Morgan fingerprint density at radius 2 is 1.74 bits per heavy atom. The van der Waals surface area contributed by atoms with E-state index in [2.05, 4.69) is 18.0 Å². The molecule has 2 aromatic rings. The van der Waals surface area contributed by atoms with Crippen LogP contribution in [0.1, 0.15) is 35.3 Å². The van der Waals surface area contributed by atoms with Gasteiger partial charge in [-0.1, -0.05) is 12.1 Å². The predicted octanol–water partition coefficient (Wildman–Crippen LogP) is 3.85. The zero-order chi connectivity index (χ0) is 14.0. The van der Waals surface area contributed by atoms with Crippen LogP contribution in [0, 0.1) is 20.8 Å². The van der Waals surface area contributed by atoms with Crippen LogP contribution in [0.15, 0.2) is 30.5 Å². The van der Waals surface area contributed by atoms with Gasteiger partial charge in [0.25, 0.3) is 0 Å². The summed E-state index contributed by atoms with van der Waals surface area (Å²) in [7, 11) is 0. The van der Waals surface area contributed by atoms with Crippen molar-refractivity contribution in [2.45, 2.75) is 33.8 Å². The van der Waals surface area contributed by atoms with Gasteiger partial charge < -0.3 is 9.84 Å². The predicted molar refractivity (Wildman–Crippen MR) is 75.6 cm³/mol. The molecule has 1 unspecified atom stereocenters. The SMILES string of the molecule is Cc1ccc(C)c(Oc2ccc(C(C)O)cn2)c1C. The van der Waals surface area contributed by atoms with Crippen LogP contribution < -0.4 is 4.74 Å². The number of aliphatic hydroxyl groups excluding tert-OH is 1. The second kappa shape index (κ2) is 5.41. The zero-order valence-corrected chi connectivity index (χ0v) is 11.8. The van der Waals surface area contributed by atoms with Gasteiger partial charge in [-0.2, -0.15) is 0 Å². The Balaban J connectivity index is 2.29. The number of hydrogen-bond donors (Lipinski definition) is 1. The molecular formula is C16H19NO2. The number of rotatable bonds is 3. The second-order valence-electron chi connectivity index (χ2n) is 4.86. The molecule has 0 radical (unpaired) electrons. The van der Waals surface area contributed by atoms with Crippen molar-refractivity contribution < 1.29 is 9.84 Å². The Kier molecular flexibility index (Phi) is 3.86. The summed E-state index contributed by atoms with van der Waals surface area (Å²) in [5.74, 6) is 1.40. The largest absolute Gasteiger partial charge is 0.438 e. The maximum Gasteiger partial charge on any atom is 0.219 e. The maximum absolute atomic E-state index is 9.45. The highest BCUT2D eigenvalue weighted by Gasteiger charge is 2.09. The molecular weight excluding hydrogens is 238 g/mol. The van der Waals surface area contributed by atoms with Crippen molar-refractivity contribution >= 4 is 0 Å². The normalized spacial score (nSPS) is 12.3. The van der Waals surface area contributed by atoms with E-state index in [9.17, 15) is 5.11 Å². The fraction of sp³-hybridized carbons (Fsp3) is 0.312. The highest BCUT2D eigenvalue weighted by Crippen LogP contribution is 2.29. The minimum absolute atomic E-state index is 0.510. The lowest BCUT2D eigenvalue weighted by Crippen LogP contribution is -1.97. The second-order valence-corrected chi connectivity index (χ2v) is 4.86. The minimum Gasteiger partial charge on any atom is -0.438 e. The number of ether oxygens (including phenoxy) is 1. The van der Waals surface area contributed by atoms with Gasteiger partial charge in [-0.3, -0.25) is 0 Å². The van der Waals surface area contributed by atoms with E-state index in [4.69, 9.17) is 4.74 Å². The maximum atomic E-state index is 9.45. The Morgan fingerprint density at radius 3 is 2.32 bits per heavy atom. The van der Waals surface area contributed by atoms with Crippen LogP contribution >= 0.6 is 0 Å². The molecule has 3 nitrogen and oxygen atoms in total. The first kappa shape index (κ1) is 13.6. The average molecular weight is 257 g/mol. The first-order valence-electron chi connectivity index (χ1n) is 6.37. The number of nitrogens with zero attached hydrogens (tertiary/aromatic N) is 1. The fourth-order valence-corrected chi connectivity index (χ4v) is 1.89. The van der Waals surface area contributed by atoms with Gasteiger partial charge in [0.15, 0.2) is 0 Å². The van der Waals surface area contributed by atoms with E-state index in [1.165, 1.54) is 5.56 Å². The van der Waals surface area contributed by atoms with E-state index < -0.39 is 6.10 Å². The summed E-state index contributed by atoms with van der Waals surface area (Å²) in [5.41, 5.74) is 4.19. The van der Waals surface area contributed by atoms with Crippen molar-refractivity contribution in [2.24, 2.45) is 0 Å². The van der Waals surface area contributed by atoms with E-state index in [1.807, 2.05) is 26.0 Å². The molecule has 0 aliphatic rings. The number of pyridine rings is 1. The number of aromatic nitrogens is 1. The highest BCUT2D eigenvalue weighted by atomic mass is 16.5. The number of aliphatic hydroxyl groups is 1. The number of hydrogen-bond acceptors (Lipinski definition) is 3. The minimum atomic E-state index is -0.510. The van der Waals surface area contributed by atoms with Crippen molar-refractivity contribution in [1.82, 2.24) is 4.98 Å². The zero-order valence-electron chi connectivity index (χ0n) is 11.8. The van der Waals surface area contributed by atoms with Crippen LogP contribution in [0.3, 0.4) is 0 Å². The van der Waals surface area contributed by atoms with Crippen molar-refractivity contribution in [3.05, 3.63) is 52.7 Å². The smallest absolute Gasteiger partial charge is 0.219 e. The average Bonchev–Trinajstić information content (AvgIpc) is 2.40. The molecule has 1 heterocycles. The summed E-state index contributed by atoms with van der Waals surface area (Å²) in [5, 5.41) is 9.45. The van der Waals surface area contributed by atoms with Crippen molar-refractivity contribution in [2.75, 3.05) is 0 Å². The van der Waals surface area contributed by atoms with Crippen molar-refractivity contribution in [3.63, 3.8) is 0 Å². The Hall–Kier alpha value is -1.87.